The maximum atomic E-state index is 11.7. The second-order valence-corrected chi connectivity index (χ2v) is 6.01. The normalized spacial score (nSPS) is 10.4. The van der Waals surface area contributed by atoms with E-state index in [0.29, 0.717) is 12.3 Å². The van der Waals surface area contributed by atoms with Crippen LogP contribution in [0.2, 0.25) is 0 Å². The highest BCUT2D eigenvalue weighted by atomic mass is 79.9. The lowest BCUT2D eigenvalue weighted by atomic mass is 10.3. The van der Waals surface area contributed by atoms with Crippen LogP contribution in [0.5, 0.6) is 0 Å². The molecule has 0 bridgehead atoms. The molecule has 1 heterocycles. The number of carbonyl (C=O) groups is 1. The zero-order valence-corrected chi connectivity index (χ0v) is 12.9. The first-order chi connectivity index (χ1) is 9.13. The lowest BCUT2D eigenvalue weighted by Crippen LogP contribution is -2.24. The fraction of sp³-hybridized carbons (Fsp3) is 0.231. The van der Waals surface area contributed by atoms with E-state index in [-0.39, 0.29) is 5.91 Å². The summed E-state index contributed by atoms with van der Waals surface area (Å²) in [7, 11) is 1.86. The van der Waals surface area contributed by atoms with E-state index < -0.39 is 0 Å². The van der Waals surface area contributed by atoms with E-state index in [4.69, 9.17) is 0 Å². The van der Waals surface area contributed by atoms with Crippen molar-refractivity contribution in [2.75, 3.05) is 5.75 Å². The number of aryl methyl sites for hydroxylation is 1. The maximum Gasteiger partial charge on any atom is 0.230 e. The summed E-state index contributed by atoms with van der Waals surface area (Å²) < 4.78 is 2.74. The SMILES string of the molecule is Cn1cc(CNC(=O)CSc2cccc(Br)c2)cn1. The minimum Gasteiger partial charge on any atom is -0.351 e. The summed E-state index contributed by atoms with van der Waals surface area (Å²) in [4.78, 5) is 12.8. The summed E-state index contributed by atoms with van der Waals surface area (Å²) in [5.41, 5.74) is 1.00. The average Bonchev–Trinajstić information content (AvgIpc) is 2.80. The molecule has 6 heteroatoms. The number of halogens is 1. The van der Waals surface area contributed by atoms with Crippen molar-refractivity contribution in [2.24, 2.45) is 7.05 Å². The topological polar surface area (TPSA) is 46.9 Å². The number of nitrogens with one attached hydrogen (secondary N) is 1. The van der Waals surface area contributed by atoms with E-state index in [1.165, 1.54) is 11.8 Å². The Morgan fingerprint density at radius 1 is 1.53 bits per heavy atom. The predicted molar refractivity (Wildman–Crippen MR) is 79.9 cm³/mol. The zero-order chi connectivity index (χ0) is 13.7. The highest BCUT2D eigenvalue weighted by Crippen LogP contribution is 2.21. The van der Waals surface area contributed by atoms with Gasteiger partial charge in [-0.25, -0.2) is 0 Å². The number of aromatic nitrogens is 2. The molecule has 0 aliphatic heterocycles. The van der Waals surface area contributed by atoms with Gasteiger partial charge in [0, 0.05) is 34.7 Å². The van der Waals surface area contributed by atoms with Crippen LogP contribution >= 0.6 is 27.7 Å². The molecule has 2 aromatic rings. The lowest BCUT2D eigenvalue weighted by Gasteiger charge is -2.04. The molecule has 1 N–H and O–H groups in total. The first-order valence-corrected chi connectivity index (χ1v) is 7.54. The van der Waals surface area contributed by atoms with Gasteiger partial charge in [0.1, 0.15) is 0 Å². The third-order valence-corrected chi connectivity index (χ3v) is 3.90. The Bertz CT molecular complexity index is 571. The molecule has 100 valence electrons. The summed E-state index contributed by atoms with van der Waals surface area (Å²) in [5, 5.41) is 6.93. The van der Waals surface area contributed by atoms with Gasteiger partial charge in [-0.15, -0.1) is 11.8 Å². The summed E-state index contributed by atoms with van der Waals surface area (Å²) in [6.07, 6.45) is 3.64. The van der Waals surface area contributed by atoms with E-state index in [9.17, 15) is 4.79 Å². The number of nitrogens with zero attached hydrogens (tertiary/aromatic N) is 2. The monoisotopic (exact) mass is 339 g/mol. The molecular weight excluding hydrogens is 326 g/mol. The van der Waals surface area contributed by atoms with E-state index in [1.807, 2.05) is 37.5 Å². The highest BCUT2D eigenvalue weighted by molar-refractivity contribution is 9.10. The van der Waals surface area contributed by atoms with Gasteiger partial charge in [0.15, 0.2) is 0 Å². The summed E-state index contributed by atoms with van der Waals surface area (Å²) >= 11 is 4.93. The summed E-state index contributed by atoms with van der Waals surface area (Å²) in [5.74, 6) is 0.435. The molecule has 0 atom stereocenters. The minimum absolute atomic E-state index is 0.0221. The van der Waals surface area contributed by atoms with Crippen LogP contribution in [0.15, 0.2) is 46.0 Å². The second-order valence-electron chi connectivity index (χ2n) is 4.05. The van der Waals surface area contributed by atoms with Crippen LogP contribution in [-0.2, 0) is 18.4 Å². The van der Waals surface area contributed by atoms with E-state index >= 15 is 0 Å². The van der Waals surface area contributed by atoms with Crippen molar-refractivity contribution in [3.63, 3.8) is 0 Å². The molecular formula is C13H14BrN3OS. The number of amides is 1. The molecule has 2 rings (SSSR count). The lowest BCUT2D eigenvalue weighted by molar-refractivity contribution is -0.118. The van der Waals surface area contributed by atoms with Crippen LogP contribution in [0, 0.1) is 0 Å². The molecule has 1 amide bonds. The molecule has 0 spiro atoms. The van der Waals surface area contributed by atoms with Crippen molar-refractivity contribution >= 4 is 33.6 Å². The van der Waals surface area contributed by atoms with E-state index in [1.54, 1.807) is 10.9 Å². The quantitative estimate of drug-likeness (QED) is 0.851. The highest BCUT2D eigenvalue weighted by Gasteiger charge is 2.04. The molecule has 0 saturated heterocycles. The molecule has 1 aromatic heterocycles. The molecule has 0 fully saturated rings. The van der Waals surface area contributed by atoms with Crippen molar-refractivity contribution in [1.29, 1.82) is 0 Å². The van der Waals surface area contributed by atoms with Crippen LogP contribution in [0.4, 0.5) is 0 Å². The fourth-order valence-corrected chi connectivity index (χ4v) is 2.86. The van der Waals surface area contributed by atoms with Crippen molar-refractivity contribution < 1.29 is 4.79 Å². The van der Waals surface area contributed by atoms with Gasteiger partial charge in [-0.1, -0.05) is 22.0 Å². The van der Waals surface area contributed by atoms with Crippen molar-refractivity contribution in [2.45, 2.75) is 11.4 Å². The van der Waals surface area contributed by atoms with Gasteiger partial charge in [0.25, 0.3) is 0 Å². The van der Waals surface area contributed by atoms with Crippen LogP contribution < -0.4 is 5.32 Å². The van der Waals surface area contributed by atoms with Crippen LogP contribution in [0.3, 0.4) is 0 Å². The van der Waals surface area contributed by atoms with E-state index in [0.717, 1.165) is 14.9 Å². The number of hydrogen-bond donors (Lipinski definition) is 1. The Balaban J connectivity index is 1.75. The Morgan fingerprint density at radius 3 is 3.05 bits per heavy atom. The van der Waals surface area contributed by atoms with Crippen LogP contribution in [-0.4, -0.2) is 21.4 Å². The van der Waals surface area contributed by atoms with Gasteiger partial charge < -0.3 is 5.32 Å². The Hall–Kier alpha value is -1.27. The smallest absolute Gasteiger partial charge is 0.230 e. The van der Waals surface area contributed by atoms with Gasteiger partial charge in [-0.3, -0.25) is 9.48 Å². The first-order valence-electron chi connectivity index (χ1n) is 5.76. The van der Waals surface area contributed by atoms with Gasteiger partial charge in [-0.2, -0.15) is 5.10 Å². The molecule has 4 nitrogen and oxygen atoms in total. The van der Waals surface area contributed by atoms with Gasteiger partial charge in [-0.05, 0) is 18.2 Å². The number of thioether (sulfide) groups is 1. The van der Waals surface area contributed by atoms with Crippen molar-refractivity contribution in [3.8, 4) is 0 Å². The largest absolute Gasteiger partial charge is 0.351 e. The Labute approximate surface area is 124 Å². The zero-order valence-electron chi connectivity index (χ0n) is 10.5. The standard InChI is InChI=1S/C13H14BrN3OS/c1-17-8-10(7-16-17)6-15-13(18)9-19-12-4-2-3-11(14)5-12/h2-5,7-8H,6,9H2,1H3,(H,15,18). The average molecular weight is 340 g/mol. The number of benzene rings is 1. The Kier molecular flexibility index (Phi) is 5.04. The van der Waals surface area contributed by atoms with Gasteiger partial charge in [0.05, 0.1) is 11.9 Å². The fourth-order valence-electron chi connectivity index (χ4n) is 1.52. The van der Waals surface area contributed by atoms with Gasteiger partial charge >= 0.3 is 0 Å². The Morgan fingerprint density at radius 2 is 2.37 bits per heavy atom. The summed E-state index contributed by atoms with van der Waals surface area (Å²) in [6.45, 7) is 0.520. The third-order valence-electron chi connectivity index (χ3n) is 2.41. The summed E-state index contributed by atoms with van der Waals surface area (Å²) in [6, 6.07) is 7.91. The second kappa shape index (κ2) is 6.77. The maximum absolute atomic E-state index is 11.7. The molecule has 0 aliphatic rings. The molecule has 0 radical (unpaired) electrons. The van der Waals surface area contributed by atoms with Crippen LogP contribution in [0.1, 0.15) is 5.56 Å². The molecule has 1 aromatic carbocycles. The third kappa shape index (κ3) is 4.72. The minimum atomic E-state index is 0.0221. The molecule has 0 saturated carbocycles. The number of rotatable bonds is 5. The van der Waals surface area contributed by atoms with Gasteiger partial charge in [0.2, 0.25) is 5.91 Å². The van der Waals surface area contributed by atoms with Crippen LogP contribution in [0.25, 0.3) is 0 Å². The van der Waals surface area contributed by atoms with Crippen molar-refractivity contribution in [1.82, 2.24) is 15.1 Å². The number of hydrogen-bond acceptors (Lipinski definition) is 3. The van der Waals surface area contributed by atoms with Crippen molar-refractivity contribution in [3.05, 3.63) is 46.7 Å². The van der Waals surface area contributed by atoms with E-state index in [2.05, 4.69) is 26.3 Å². The molecule has 0 aliphatic carbocycles. The first kappa shape index (κ1) is 14.1. The predicted octanol–water partition coefficient (Wildman–Crippen LogP) is 2.59. The molecule has 19 heavy (non-hydrogen) atoms. The molecule has 0 unspecified atom stereocenters. The number of carbonyl (C=O) groups excluding carboxylic acids is 1.